The lowest BCUT2D eigenvalue weighted by Gasteiger charge is -2.29. The molecule has 21 heavy (non-hydrogen) atoms. The molecule has 1 aromatic rings. The molecule has 1 aromatic carbocycles. The average Bonchev–Trinajstić information content (AvgIpc) is 2.44. The van der Waals surface area contributed by atoms with Crippen molar-refractivity contribution in [3.63, 3.8) is 0 Å². The summed E-state index contributed by atoms with van der Waals surface area (Å²) in [5.41, 5.74) is 9.07. The van der Waals surface area contributed by atoms with E-state index in [4.69, 9.17) is 27.4 Å². The van der Waals surface area contributed by atoms with Gasteiger partial charge in [0.25, 0.3) is 0 Å². The molecule has 0 bridgehead atoms. The highest BCUT2D eigenvalue weighted by Crippen LogP contribution is 2.15. The molecule has 1 unspecified atom stereocenters. The fourth-order valence-corrected chi connectivity index (χ4v) is 2.38. The van der Waals surface area contributed by atoms with E-state index in [1.807, 2.05) is 12.1 Å². The van der Waals surface area contributed by atoms with E-state index in [0.29, 0.717) is 24.2 Å². The molecule has 0 saturated carbocycles. The Hall–Kier alpha value is -1.01. The Bertz CT molecular complexity index is 466. The first kappa shape index (κ1) is 18.0. The number of ether oxygens (including phenoxy) is 2. The van der Waals surface area contributed by atoms with Crippen LogP contribution in [-0.4, -0.2) is 49.9 Å². The second kappa shape index (κ2) is 9.10. The number of thiocarbonyl (C=S) groups is 1. The molecule has 0 spiro atoms. The van der Waals surface area contributed by atoms with Gasteiger partial charge in [-0.25, -0.2) is 0 Å². The molecule has 5 heteroatoms. The Labute approximate surface area is 133 Å². The number of hydrogen-bond donors (Lipinski definition) is 1. The lowest BCUT2D eigenvalue weighted by atomic mass is 10.0. The average molecular weight is 310 g/mol. The smallest absolute Gasteiger partial charge is 0.103 e. The second-order valence-corrected chi connectivity index (χ2v) is 5.71. The fourth-order valence-electron chi connectivity index (χ4n) is 2.26. The van der Waals surface area contributed by atoms with Crippen LogP contribution in [0.2, 0.25) is 0 Å². The van der Waals surface area contributed by atoms with Crippen molar-refractivity contribution in [2.24, 2.45) is 5.73 Å². The first-order chi connectivity index (χ1) is 9.99. The number of nitrogens with zero attached hydrogens (tertiary/aromatic N) is 1. The maximum absolute atomic E-state index is 5.68. The lowest BCUT2D eigenvalue weighted by Crippen LogP contribution is -2.38. The van der Waals surface area contributed by atoms with Crippen LogP contribution in [0.5, 0.6) is 0 Å². The first-order valence-corrected chi connectivity index (χ1v) is 7.51. The van der Waals surface area contributed by atoms with Gasteiger partial charge in [0.2, 0.25) is 0 Å². The minimum atomic E-state index is 0.333. The van der Waals surface area contributed by atoms with Gasteiger partial charge >= 0.3 is 0 Å². The zero-order chi connectivity index (χ0) is 15.8. The molecule has 0 aliphatic heterocycles. The van der Waals surface area contributed by atoms with Crippen molar-refractivity contribution in [1.82, 2.24) is 4.90 Å². The van der Waals surface area contributed by atoms with E-state index < -0.39 is 0 Å². The van der Waals surface area contributed by atoms with E-state index in [1.54, 1.807) is 14.2 Å². The zero-order valence-electron chi connectivity index (χ0n) is 13.4. The number of benzene rings is 1. The van der Waals surface area contributed by atoms with E-state index in [0.717, 1.165) is 18.7 Å². The summed E-state index contributed by atoms with van der Waals surface area (Å²) < 4.78 is 10.5. The van der Waals surface area contributed by atoms with Crippen molar-refractivity contribution >= 4 is 17.2 Å². The van der Waals surface area contributed by atoms with E-state index >= 15 is 0 Å². The van der Waals surface area contributed by atoms with Crippen LogP contribution in [0, 0.1) is 6.92 Å². The van der Waals surface area contributed by atoms with Gasteiger partial charge in [0.05, 0.1) is 13.2 Å². The fraction of sp³-hybridized carbons (Fsp3) is 0.562. The van der Waals surface area contributed by atoms with Crippen molar-refractivity contribution in [2.45, 2.75) is 26.4 Å². The van der Waals surface area contributed by atoms with Crippen LogP contribution in [0.4, 0.5) is 0 Å². The number of hydrogen-bond acceptors (Lipinski definition) is 4. The standard InChI is InChI=1S/C16H26N2O2S/c1-12-9-14(16(17)21)5-6-15(12)10-18(7-8-19-3)13(2)11-20-4/h5-6,9,13H,7-8,10-11H2,1-4H3,(H2,17,21). The molecule has 0 fully saturated rings. The lowest BCUT2D eigenvalue weighted by molar-refractivity contribution is 0.0704. The molecule has 0 amide bonds. The van der Waals surface area contributed by atoms with E-state index in [-0.39, 0.29) is 0 Å². The summed E-state index contributed by atoms with van der Waals surface area (Å²) in [6, 6.07) is 6.47. The predicted octanol–water partition coefficient (Wildman–Crippen LogP) is 2.11. The maximum Gasteiger partial charge on any atom is 0.103 e. The van der Waals surface area contributed by atoms with Crippen LogP contribution in [0.15, 0.2) is 18.2 Å². The molecular formula is C16H26N2O2S. The van der Waals surface area contributed by atoms with E-state index in [9.17, 15) is 0 Å². The van der Waals surface area contributed by atoms with E-state index in [1.165, 1.54) is 11.1 Å². The van der Waals surface area contributed by atoms with Crippen molar-refractivity contribution in [3.8, 4) is 0 Å². The highest BCUT2D eigenvalue weighted by atomic mass is 32.1. The third-order valence-electron chi connectivity index (χ3n) is 3.61. The summed E-state index contributed by atoms with van der Waals surface area (Å²) in [4.78, 5) is 2.80. The molecular weight excluding hydrogens is 284 g/mol. The summed E-state index contributed by atoms with van der Waals surface area (Å²) in [5, 5.41) is 0. The Balaban J connectivity index is 2.84. The normalized spacial score (nSPS) is 12.6. The summed E-state index contributed by atoms with van der Waals surface area (Å²) in [6.45, 7) is 7.39. The molecule has 1 rings (SSSR count). The topological polar surface area (TPSA) is 47.7 Å². The molecule has 0 aliphatic rings. The van der Waals surface area contributed by atoms with Gasteiger partial charge in [0, 0.05) is 38.9 Å². The number of methoxy groups -OCH3 is 2. The van der Waals surface area contributed by atoms with Crippen LogP contribution in [0.3, 0.4) is 0 Å². The Morgan fingerprint density at radius 1 is 1.33 bits per heavy atom. The molecule has 0 radical (unpaired) electrons. The predicted molar refractivity (Wildman–Crippen MR) is 90.7 cm³/mol. The SMILES string of the molecule is COCCN(Cc1ccc(C(N)=S)cc1C)C(C)COC. The van der Waals surface area contributed by atoms with Crippen LogP contribution >= 0.6 is 12.2 Å². The van der Waals surface area contributed by atoms with Crippen molar-refractivity contribution < 1.29 is 9.47 Å². The first-order valence-electron chi connectivity index (χ1n) is 7.10. The zero-order valence-corrected chi connectivity index (χ0v) is 14.2. The second-order valence-electron chi connectivity index (χ2n) is 5.27. The summed E-state index contributed by atoms with van der Waals surface area (Å²) in [7, 11) is 3.45. The Morgan fingerprint density at radius 3 is 2.57 bits per heavy atom. The molecule has 2 N–H and O–H groups in total. The quantitative estimate of drug-likeness (QED) is 0.708. The summed E-state index contributed by atoms with van der Waals surface area (Å²) in [5.74, 6) is 0. The van der Waals surface area contributed by atoms with Gasteiger partial charge in [-0.15, -0.1) is 0 Å². The van der Waals surface area contributed by atoms with Gasteiger partial charge in [-0.2, -0.15) is 0 Å². The minimum absolute atomic E-state index is 0.333. The highest BCUT2D eigenvalue weighted by Gasteiger charge is 2.15. The molecule has 0 aliphatic carbocycles. The van der Waals surface area contributed by atoms with Crippen molar-refractivity contribution in [1.29, 1.82) is 0 Å². The van der Waals surface area contributed by atoms with E-state index in [2.05, 4.69) is 24.8 Å². The molecule has 0 heterocycles. The monoisotopic (exact) mass is 310 g/mol. The van der Waals surface area contributed by atoms with Gasteiger partial charge in [-0.3, -0.25) is 4.90 Å². The van der Waals surface area contributed by atoms with Gasteiger partial charge < -0.3 is 15.2 Å². The largest absolute Gasteiger partial charge is 0.389 e. The molecule has 1 atom stereocenters. The maximum atomic E-state index is 5.68. The highest BCUT2D eigenvalue weighted by molar-refractivity contribution is 7.80. The number of aryl methyl sites for hydroxylation is 1. The molecule has 0 saturated heterocycles. The van der Waals surface area contributed by atoms with Gasteiger partial charge in [0.15, 0.2) is 0 Å². The van der Waals surface area contributed by atoms with Crippen LogP contribution in [0.25, 0.3) is 0 Å². The molecule has 0 aromatic heterocycles. The Morgan fingerprint density at radius 2 is 2.05 bits per heavy atom. The minimum Gasteiger partial charge on any atom is -0.389 e. The molecule has 4 nitrogen and oxygen atoms in total. The van der Waals surface area contributed by atoms with Crippen molar-refractivity contribution in [2.75, 3.05) is 34.0 Å². The Kier molecular flexibility index (Phi) is 7.82. The van der Waals surface area contributed by atoms with Gasteiger partial charge in [-0.1, -0.05) is 24.4 Å². The van der Waals surface area contributed by atoms with Gasteiger partial charge in [0.1, 0.15) is 4.99 Å². The summed E-state index contributed by atoms with van der Waals surface area (Å²) in [6.07, 6.45) is 0. The van der Waals surface area contributed by atoms with Crippen LogP contribution < -0.4 is 5.73 Å². The number of rotatable bonds is 9. The summed E-state index contributed by atoms with van der Waals surface area (Å²) >= 11 is 5.02. The van der Waals surface area contributed by atoms with Crippen molar-refractivity contribution in [3.05, 3.63) is 34.9 Å². The van der Waals surface area contributed by atoms with Crippen LogP contribution in [0.1, 0.15) is 23.6 Å². The molecule has 118 valence electrons. The third-order valence-corrected chi connectivity index (χ3v) is 3.85. The van der Waals surface area contributed by atoms with Gasteiger partial charge in [-0.05, 0) is 31.0 Å². The third kappa shape index (κ3) is 5.71. The van der Waals surface area contributed by atoms with Crippen LogP contribution in [-0.2, 0) is 16.0 Å². The number of nitrogens with two attached hydrogens (primary N) is 1.